The molecule has 1 atom stereocenters. The summed E-state index contributed by atoms with van der Waals surface area (Å²) < 4.78 is 49.1. The monoisotopic (exact) mass is 394 g/mol. The van der Waals surface area contributed by atoms with Gasteiger partial charge in [-0.05, 0) is 18.9 Å². The van der Waals surface area contributed by atoms with Crippen molar-refractivity contribution in [2.24, 2.45) is 0 Å². The van der Waals surface area contributed by atoms with Gasteiger partial charge in [-0.3, -0.25) is 4.79 Å². The van der Waals surface area contributed by atoms with Gasteiger partial charge in [-0.1, -0.05) is 18.2 Å². The lowest BCUT2D eigenvalue weighted by Gasteiger charge is -2.22. The summed E-state index contributed by atoms with van der Waals surface area (Å²) in [5, 5.41) is 4.60. The van der Waals surface area contributed by atoms with E-state index in [1.807, 2.05) is 0 Å². The van der Waals surface area contributed by atoms with Gasteiger partial charge in [-0.2, -0.15) is 5.10 Å². The number of H-pyrrole nitrogens is 1. The number of alkyl halides is 3. The zero-order chi connectivity index (χ0) is 19.7. The Morgan fingerprint density at radius 2 is 2.14 bits per heavy atom. The van der Waals surface area contributed by atoms with Gasteiger partial charge in [0.25, 0.3) is 5.56 Å². The van der Waals surface area contributed by atoms with Crippen LogP contribution in [0.1, 0.15) is 30.3 Å². The average molecular weight is 394 g/mol. The molecule has 3 aromatic rings. The first-order valence-electron chi connectivity index (χ1n) is 8.78. The molecule has 1 N–H and O–H groups in total. The Bertz CT molecular complexity index is 1040. The quantitative estimate of drug-likeness (QED) is 0.736. The van der Waals surface area contributed by atoms with Crippen molar-refractivity contribution in [1.29, 1.82) is 0 Å². The average Bonchev–Trinajstić information content (AvgIpc) is 3.07. The van der Waals surface area contributed by atoms with Gasteiger partial charge in [0.1, 0.15) is 17.0 Å². The first-order chi connectivity index (χ1) is 13.4. The van der Waals surface area contributed by atoms with Crippen molar-refractivity contribution in [3.05, 3.63) is 52.2 Å². The summed E-state index contributed by atoms with van der Waals surface area (Å²) in [7, 11) is 0. The second-order valence-corrected chi connectivity index (χ2v) is 6.54. The van der Waals surface area contributed by atoms with Gasteiger partial charge in [0.15, 0.2) is 5.65 Å². The third kappa shape index (κ3) is 3.86. The molecular formula is C18H17F3N4O3. The summed E-state index contributed by atoms with van der Waals surface area (Å²) in [6.45, 7) is 1.16. The fraction of sp³-hybridized carbons (Fsp3) is 0.389. The molecule has 0 spiro atoms. The number of halogens is 3. The van der Waals surface area contributed by atoms with E-state index in [4.69, 9.17) is 4.74 Å². The van der Waals surface area contributed by atoms with E-state index < -0.39 is 11.9 Å². The van der Waals surface area contributed by atoms with E-state index >= 15 is 0 Å². The van der Waals surface area contributed by atoms with Crippen LogP contribution < -0.4 is 10.3 Å². The van der Waals surface area contributed by atoms with Gasteiger partial charge in [0.2, 0.25) is 0 Å². The van der Waals surface area contributed by atoms with Crippen molar-refractivity contribution in [3.63, 3.8) is 0 Å². The topological polar surface area (TPSA) is 82.0 Å². The number of hydrogen-bond donors (Lipinski definition) is 1. The summed E-state index contributed by atoms with van der Waals surface area (Å²) in [6, 6.07) is 5.73. The van der Waals surface area contributed by atoms with Crippen molar-refractivity contribution in [2.45, 2.75) is 31.7 Å². The zero-order valence-electron chi connectivity index (χ0n) is 14.7. The highest BCUT2D eigenvalue weighted by molar-refractivity contribution is 5.73. The summed E-state index contributed by atoms with van der Waals surface area (Å²) in [4.78, 5) is 19.5. The van der Waals surface area contributed by atoms with Gasteiger partial charge < -0.3 is 14.5 Å². The summed E-state index contributed by atoms with van der Waals surface area (Å²) in [5.74, 6) is -0.0962. The molecular weight excluding hydrogens is 377 g/mol. The Hall–Kier alpha value is -2.88. The number of aromatic amines is 1. The lowest BCUT2D eigenvalue weighted by molar-refractivity contribution is -0.274. The smallest absolute Gasteiger partial charge is 0.405 e. The molecule has 7 nitrogen and oxygen atoms in total. The van der Waals surface area contributed by atoms with Crippen molar-refractivity contribution < 1.29 is 22.6 Å². The van der Waals surface area contributed by atoms with Gasteiger partial charge in [-0.15, -0.1) is 13.2 Å². The summed E-state index contributed by atoms with van der Waals surface area (Å²) in [6.07, 6.45) is -1.66. The maximum Gasteiger partial charge on any atom is 0.573 e. The van der Waals surface area contributed by atoms with Gasteiger partial charge in [0.05, 0.1) is 18.8 Å². The van der Waals surface area contributed by atoms with Gasteiger partial charge >= 0.3 is 6.36 Å². The lowest BCUT2D eigenvalue weighted by atomic mass is 10.1. The first kappa shape index (κ1) is 18.5. The van der Waals surface area contributed by atoms with E-state index in [1.165, 1.54) is 24.4 Å². The molecule has 148 valence electrons. The third-order valence-corrected chi connectivity index (χ3v) is 4.55. The number of aromatic nitrogens is 4. The third-order valence-electron chi connectivity index (χ3n) is 4.55. The van der Waals surface area contributed by atoms with Crippen LogP contribution in [0.25, 0.3) is 11.0 Å². The number of para-hydroxylation sites is 1. The molecule has 4 rings (SSSR count). The summed E-state index contributed by atoms with van der Waals surface area (Å²) >= 11 is 0. The molecule has 10 heteroatoms. The number of benzene rings is 1. The fourth-order valence-corrected chi connectivity index (χ4v) is 3.30. The molecule has 1 aliphatic rings. The molecule has 1 saturated heterocycles. The molecule has 0 saturated carbocycles. The molecule has 3 heterocycles. The molecule has 1 aromatic carbocycles. The minimum atomic E-state index is -4.81. The molecule has 1 fully saturated rings. The van der Waals surface area contributed by atoms with E-state index in [0.29, 0.717) is 24.2 Å². The predicted molar refractivity (Wildman–Crippen MR) is 93.2 cm³/mol. The van der Waals surface area contributed by atoms with Crippen LogP contribution in [-0.2, 0) is 11.2 Å². The van der Waals surface area contributed by atoms with Gasteiger partial charge in [0, 0.05) is 18.6 Å². The van der Waals surface area contributed by atoms with Crippen molar-refractivity contribution >= 4 is 11.0 Å². The minimum Gasteiger partial charge on any atom is -0.405 e. The van der Waals surface area contributed by atoms with Crippen LogP contribution in [0, 0.1) is 0 Å². The lowest BCUT2D eigenvalue weighted by Crippen LogP contribution is -2.23. The fourth-order valence-electron chi connectivity index (χ4n) is 3.30. The Morgan fingerprint density at radius 1 is 1.32 bits per heavy atom. The standard InChI is InChI=1S/C18H17F3N4O3/c19-18(20,21)28-14-6-2-1-4-11(14)8-15-23-16-13(17(26)24-15)9-22-25(16)12-5-3-7-27-10-12/h1-2,4,6,9,12H,3,5,7-8,10H2,(H,23,24,26). The highest BCUT2D eigenvalue weighted by Gasteiger charge is 2.32. The molecule has 0 aliphatic carbocycles. The van der Waals surface area contributed by atoms with Gasteiger partial charge in [-0.25, -0.2) is 9.67 Å². The van der Waals surface area contributed by atoms with Crippen molar-refractivity contribution in [1.82, 2.24) is 19.7 Å². The highest BCUT2D eigenvalue weighted by Crippen LogP contribution is 2.28. The highest BCUT2D eigenvalue weighted by atomic mass is 19.4. The van der Waals surface area contributed by atoms with Crippen LogP contribution in [0.3, 0.4) is 0 Å². The SMILES string of the molecule is O=c1[nH]c(Cc2ccccc2OC(F)(F)F)nc2c1cnn2C1CCCOC1. The first-order valence-corrected chi connectivity index (χ1v) is 8.78. The number of nitrogens with one attached hydrogen (secondary N) is 1. The van der Waals surface area contributed by atoms with Crippen molar-refractivity contribution in [3.8, 4) is 5.75 Å². The number of rotatable bonds is 4. The van der Waals surface area contributed by atoms with Crippen LogP contribution in [0.5, 0.6) is 5.75 Å². The molecule has 0 amide bonds. The maximum atomic E-state index is 12.6. The Labute approximate surface area is 157 Å². The van der Waals surface area contributed by atoms with Crippen molar-refractivity contribution in [2.75, 3.05) is 13.2 Å². The number of ether oxygens (including phenoxy) is 2. The molecule has 28 heavy (non-hydrogen) atoms. The minimum absolute atomic E-state index is 0.0240. The van der Waals surface area contributed by atoms with Crippen LogP contribution in [0.4, 0.5) is 13.2 Å². The number of hydrogen-bond acceptors (Lipinski definition) is 5. The van der Waals surface area contributed by atoms with E-state index in [1.54, 1.807) is 10.7 Å². The molecule has 1 unspecified atom stereocenters. The summed E-state index contributed by atoms with van der Waals surface area (Å²) in [5.41, 5.74) is 0.259. The van der Waals surface area contributed by atoms with Crippen LogP contribution >= 0.6 is 0 Å². The van der Waals surface area contributed by atoms with E-state index in [9.17, 15) is 18.0 Å². The molecule has 1 aliphatic heterocycles. The van der Waals surface area contributed by atoms with Crippen LogP contribution in [-0.4, -0.2) is 39.3 Å². The number of nitrogens with zero attached hydrogens (tertiary/aromatic N) is 3. The Kier molecular flexibility index (Phi) is 4.80. The zero-order valence-corrected chi connectivity index (χ0v) is 14.7. The molecule has 0 bridgehead atoms. The predicted octanol–water partition coefficient (Wildman–Crippen LogP) is 2.96. The second-order valence-electron chi connectivity index (χ2n) is 6.54. The molecule has 0 radical (unpaired) electrons. The maximum absolute atomic E-state index is 12.6. The van der Waals surface area contributed by atoms with E-state index in [0.717, 1.165) is 12.8 Å². The largest absolute Gasteiger partial charge is 0.573 e. The normalized spacial score (nSPS) is 17.8. The Morgan fingerprint density at radius 3 is 2.89 bits per heavy atom. The van der Waals surface area contributed by atoms with E-state index in [2.05, 4.69) is 19.8 Å². The molecule has 2 aromatic heterocycles. The van der Waals surface area contributed by atoms with E-state index in [-0.39, 0.29) is 29.6 Å². The van der Waals surface area contributed by atoms with Crippen LogP contribution in [0.2, 0.25) is 0 Å². The number of fused-ring (bicyclic) bond motifs is 1. The van der Waals surface area contributed by atoms with Crippen LogP contribution in [0.15, 0.2) is 35.3 Å². The Balaban J connectivity index is 1.69. The second kappa shape index (κ2) is 7.27.